The Balaban J connectivity index is 3.02. The van der Waals surface area contributed by atoms with E-state index in [2.05, 4.69) is 67.4 Å². The second-order valence-corrected chi connectivity index (χ2v) is 10.8. The van der Waals surface area contributed by atoms with Crippen LogP contribution in [0, 0.1) is 6.92 Å². The Morgan fingerprint density at radius 3 is 2.31 bits per heavy atom. The van der Waals surface area contributed by atoms with Crippen molar-refractivity contribution < 1.29 is 4.43 Å². The van der Waals surface area contributed by atoms with E-state index in [0.717, 1.165) is 10.2 Å². The van der Waals surface area contributed by atoms with Crippen molar-refractivity contribution in [2.45, 2.75) is 46.0 Å². The Morgan fingerprint density at radius 1 is 1.31 bits per heavy atom. The van der Waals surface area contributed by atoms with E-state index in [4.69, 9.17) is 4.43 Å². The van der Waals surface area contributed by atoms with Crippen LogP contribution >= 0.6 is 15.9 Å². The van der Waals surface area contributed by atoms with Crippen LogP contribution in [0.5, 0.6) is 0 Å². The van der Waals surface area contributed by atoms with Crippen LogP contribution in [0.3, 0.4) is 0 Å². The van der Waals surface area contributed by atoms with Crippen molar-refractivity contribution in [1.29, 1.82) is 0 Å². The van der Waals surface area contributed by atoms with Crippen molar-refractivity contribution in [3.63, 3.8) is 0 Å². The molecule has 0 aliphatic rings. The molecule has 16 heavy (non-hydrogen) atoms. The molecule has 0 saturated carbocycles. The number of pyridine rings is 1. The van der Waals surface area contributed by atoms with E-state index in [1.165, 1.54) is 5.56 Å². The quantitative estimate of drug-likeness (QED) is 0.779. The van der Waals surface area contributed by atoms with Crippen LogP contribution in [0.1, 0.15) is 25.1 Å². The first-order valence-electron chi connectivity index (χ1n) is 5.45. The first-order valence-corrected chi connectivity index (χ1v) is 9.65. The van der Waals surface area contributed by atoms with Gasteiger partial charge in [-0.25, -0.2) is 0 Å². The molecule has 0 aliphatic carbocycles. The van der Waals surface area contributed by atoms with Crippen LogP contribution in [-0.4, -0.2) is 13.3 Å². The summed E-state index contributed by atoms with van der Waals surface area (Å²) < 4.78 is 7.21. The zero-order chi connectivity index (χ0) is 12.6. The van der Waals surface area contributed by atoms with Gasteiger partial charge in [-0.3, -0.25) is 4.98 Å². The van der Waals surface area contributed by atoms with Gasteiger partial charge in [-0.15, -0.1) is 0 Å². The summed E-state index contributed by atoms with van der Waals surface area (Å²) in [5, 5.41) is 0. The second kappa shape index (κ2) is 4.59. The predicted molar refractivity (Wildman–Crippen MR) is 74.1 cm³/mol. The van der Waals surface area contributed by atoms with Crippen molar-refractivity contribution in [2.75, 3.05) is 0 Å². The van der Waals surface area contributed by atoms with Gasteiger partial charge in [-0.2, -0.15) is 0 Å². The maximum absolute atomic E-state index is 6.17. The number of aromatic nitrogens is 1. The number of hydrogen-bond acceptors (Lipinski definition) is 2. The van der Waals surface area contributed by atoms with Crippen LogP contribution in [0.4, 0.5) is 0 Å². The molecular weight excluding hydrogens is 282 g/mol. The normalized spacial score (nSPS) is 12.9. The fourth-order valence-corrected chi connectivity index (χ4v) is 3.54. The van der Waals surface area contributed by atoms with E-state index < -0.39 is 8.32 Å². The molecular formula is C12H20BrNOSi. The highest BCUT2D eigenvalue weighted by Gasteiger charge is 2.30. The van der Waals surface area contributed by atoms with Gasteiger partial charge in [0.2, 0.25) is 0 Å². The minimum Gasteiger partial charge on any atom is -0.407 e. The summed E-state index contributed by atoms with van der Waals surface area (Å²) in [6, 6.07) is 2.09. The third-order valence-electron chi connectivity index (χ3n) is 2.23. The number of hydrogen-bond donors (Lipinski definition) is 0. The summed E-state index contributed by atoms with van der Waals surface area (Å²) >= 11 is 3.46. The molecule has 0 spiro atoms. The zero-order valence-electron chi connectivity index (χ0n) is 10.9. The third-order valence-corrected chi connectivity index (χ3v) is 4.18. The average molecular weight is 302 g/mol. The van der Waals surface area contributed by atoms with Crippen molar-refractivity contribution in [2.24, 2.45) is 0 Å². The minimum absolute atomic E-state index is 0.310. The second-order valence-electron chi connectivity index (χ2n) is 5.54. The molecule has 1 rings (SSSR count). The number of rotatable bonds is 3. The molecule has 0 atom stereocenters. The van der Waals surface area contributed by atoms with Crippen LogP contribution in [0.2, 0.25) is 19.6 Å². The fourth-order valence-electron chi connectivity index (χ4n) is 1.69. The smallest absolute Gasteiger partial charge is 0.185 e. The Hall–Kier alpha value is -0.193. The standard InChI is InChI=1S/C12H20BrNOSi/c1-9-7-11(14-8-10(9)13)12(2,3)15-16(4,5)6/h7-8H,1-6H3. The summed E-state index contributed by atoms with van der Waals surface area (Å²) in [7, 11) is -1.56. The van der Waals surface area contributed by atoms with Crippen LogP contribution in [-0.2, 0) is 10.0 Å². The van der Waals surface area contributed by atoms with Gasteiger partial charge < -0.3 is 4.43 Å². The summed E-state index contributed by atoms with van der Waals surface area (Å²) in [6.45, 7) is 12.8. The van der Waals surface area contributed by atoms with Crippen molar-refractivity contribution in [1.82, 2.24) is 4.98 Å². The van der Waals surface area contributed by atoms with Crippen molar-refractivity contribution >= 4 is 24.2 Å². The first-order chi connectivity index (χ1) is 7.12. The molecule has 0 N–H and O–H groups in total. The van der Waals surface area contributed by atoms with Gasteiger partial charge in [0.25, 0.3) is 0 Å². The lowest BCUT2D eigenvalue weighted by atomic mass is 10.0. The lowest BCUT2D eigenvalue weighted by molar-refractivity contribution is 0.0950. The van der Waals surface area contributed by atoms with E-state index >= 15 is 0 Å². The van der Waals surface area contributed by atoms with Gasteiger partial charge in [0.1, 0.15) is 0 Å². The van der Waals surface area contributed by atoms with E-state index in [1.807, 2.05) is 6.20 Å². The van der Waals surface area contributed by atoms with E-state index in [1.54, 1.807) is 0 Å². The SMILES string of the molecule is Cc1cc(C(C)(C)O[Si](C)(C)C)ncc1Br. The number of nitrogens with zero attached hydrogens (tertiary/aromatic N) is 1. The maximum atomic E-state index is 6.17. The van der Waals surface area contributed by atoms with E-state index in [0.29, 0.717) is 0 Å². The first kappa shape index (κ1) is 13.9. The molecule has 0 bridgehead atoms. The van der Waals surface area contributed by atoms with Crippen molar-refractivity contribution in [3.05, 3.63) is 28.0 Å². The molecule has 1 heterocycles. The third kappa shape index (κ3) is 3.68. The molecule has 0 radical (unpaired) electrons. The summed E-state index contributed by atoms with van der Waals surface area (Å²) in [4.78, 5) is 4.45. The molecule has 0 aliphatic heterocycles. The molecule has 1 aromatic heterocycles. The highest BCUT2D eigenvalue weighted by Crippen LogP contribution is 2.29. The van der Waals surface area contributed by atoms with Gasteiger partial charge in [-0.1, -0.05) is 0 Å². The fraction of sp³-hybridized carbons (Fsp3) is 0.583. The number of aryl methyl sites for hydroxylation is 1. The minimum atomic E-state index is -1.56. The van der Waals surface area contributed by atoms with E-state index in [9.17, 15) is 0 Å². The van der Waals surface area contributed by atoms with Gasteiger partial charge in [-0.05, 0) is 68.0 Å². The predicted octanol–water partition coefficient (Wildman–Crippen LogP) is 4.24. The van der Waals surface area contributed by atoms with Gasteiger partial charge in [0, 0.05) is 10.7 Å². The topological polar surface area (TPSA) is 22.1 Å². The van der Waals surface area contributed by atoms with Crippen LogP contribution in [0.25, 0.3) is 0 Å². The molecule has 4 heteroatoms. The Labute approximate surface area is 108 Å². The Kier molecular flexibility index (Phi) is 3.98. The lowest BCUT2D eigenvalue weighted by Gasteiger charge is -2.32. The molecule has 0 aromatic carbocycles. The zero-order valence-corrected chi connectivity index (χ0v) is 13.5. The van der Waals surface area contributed by atoms with Crippen LogP contribution in [0.15, 0.2) is 16.7 Å². The summed E-state index contributed by atoms with van der Waals surface area (Å²) in [5.41, 5.74) is 1.88. The molecule has 0 saturated heterocycles. The largest absolute Gasteiger partial charge is 0.407 e. The van der Waals surface area contributed by atoms with Crippen molar-refractivity contribution in [3.8, 4) is 0 Å². The van der Waals surface area contributed by atoms with Gasteiger partial charge in [0.15, 0.2) is 8.32 Å². The molecule has 0 fully saturated rings. The molecule has 1 aromatic rings. The van der Waals surface area contributed by atoms with E-state index in [-0.39, 0.29) is 5.60 Å². The lowest BCUT2D eigenvalue weighted by Crippen LogP contribution is -2.37. The Bertz CT molecular complexity index is 385. The Morgan fingerprint density at radius 2 is 1.88 bits per heavy atom. The van der Waals surface area contributed by atoms with Crippen LogP contribution < -0.4 is 0 Å². The highest BCUT2D eigenvalue weighted by molar-refractivity contribution is 9.10. The summed E-state index contributed by atoms with van der Waals surface area (Å²) in [6.07, 6.45) is 1.85. The average Bonchev–Trinajstić information content (AvgIpc) is 2.05. The van der Waals surface area contributed by atoms with Gasteiger partial charge in [0.05, 0.1) is 11.3 Å². The highest BCUT2D eigenvalue weighted by atomic mass is 79.9. The molecule has 2 nitrogen and oxygen atoms in total. The maximum Gasteiger partial charge on any atom is 0.185 e. The van der Waals surface area contributed by atoms with Gasteiger partial charge >= 0.3 is 0 Å². The molecule has 0 amide bonds. The monoisotopic (exact) mass is 301 g/mol. The molecule has 90 valence electrons. The number of halogens is 1. The molecule has 0 unspecified atom stereocenters. The summed E-state index contributed by atoms with van der Waals surface area (Å²) in [5.74, 6) is 0.